The molecular formula is C27H28ClN3O3. The van der Waals surface area contributed by atoms with Crippen molar-refractivity contribution in [1.29, 1.82) is 0 Å². The van der Waals surface area contributed by atoms with Crippen LogP contribution in [0.3, 0.4) is 0 Å². The first-order valence-electron chi connectivity index (χ1n) is 11.3. The van der Waals surface area contributed by atoms with Crippen LogP contribution in [0.1, 0.15) is 17.8 Å². The Kier molecular flexibility index (Phi) is 8.04. The topological polar surface area (TPSA) is 65.4 Å². The van der Waals surface area contributed by atoms with E-state index in [2.05, 4.69) is 16.0 Å². The van der Waals surface area contributed by atoms with Crippen LogP contribution in [0.5, 0.6) is 11.5 Å². The Morgan fingerprint density at radius 2 is 1.74 bits per heavy atom. The number of rotatable bonds is 11. The van der Waals surface area contributed by atoms with Crippen LogP contribution in [0, 0.1) is 0 Å². The summed E-state index contributed by atoms with van der Waals surface area (Å²) in [6, 6.07) is 23.0. The van der Waals surface area contributed by atoms with Crippen LogP contribution in [0.2, 0.25) is 5.02 Å². The SMILES string of the molecule is COc1ccc(CC(=O)NCCCc2nc3ccccc3n2CCOc2ccc(Cl)cc2)cc1. The van der Waals surface area contributed by atoms with Gasteiger partial charge in [-0.05, 0) is 60.5 Å². The number of imidazole rings is 1. The van der Waals surface area contributed by atoms with Crippen LogP contribution in [-0.4, -0.2) is 35.7 Å². The standard InChI is InChI=1S/C27H28ClN3O3/c1-33-22-12-8-20(9-13-22)19-27(32)29-16-4-7-26-30-24-5-2-3-6-25(24)31(26)17-18-34-23-14-10-21(28)11-15-23/h2-3,5-6,8-15H,4,7,16-19H2,1H3,(H,29,32). The number of hydrogen-bond donors (Lipinski definition) is 1. The number of ether oxygens (including phenoxy) is 2. The van der Waals surface area contributed by atoms with E-state index in [0.29, 0.717) is 31.1 Å². The van der Waals surface area contributed by atoms with Crippen molar-refractivity contribution in [2.24, 2.45) is 0 Å². The molecule has 6 nitrogen and oxygen atoms in total. The van der Waals surface area contributed by atoms with E-state index in [4.69, 9.17) is 26.1 Å². The van der Waals surface area contributed by atoms with Crippen molar-refractivity contribution < 1.29 is 14.3 Å². The zero-order chi connectivity index (χ0) is 23.8. The van der Waals surface area contributed by atoms with Crippen LogP contribution in [0.4, 0.5) is 0 Å². The summed E-state index contributed by atoms with van der Waals surface area (Å²) >= 11 is 5.95. The summed E-state index contributed by atoms with van der Waals surface area (Å²) in [5.74, 6) is 2.57. The van der Waals surface area contributed by atoms with E-state index in [1.165, 1.54) is 0 Å². The average Bonchev–Trinajstić information content (AvgIpc) is 3.21. The number of amides is 1. The Labute approximate surface area is 204 Å². The lowest BCUT2D eigenvalue weighted by Gasteiger charge is -2.11. The number of para-hydroxylation sites is 2. The zero-order valence-corrected chi connectivity index (χ0v) is 19.9. The molecule has 1 aromatic heterocycles. The van der Waals surface area contributed by atoms with Gasteiger partial charge in [-0.25, -0.2) is 4.98 Å². The number of fused-ring (bicyclic) bond motifs is 1. The van der Waals surface area contributed by atoms with Crippen molar-refractivity contribution in [3.63, 3.8) is 0 Å². The second kappa shape index (κ2) is 11.6. The highest BCUT2D eigenvalue weighted by Gasteiger charge is 2.11. The van der Waals surface area contributed by atoms with Crippen LogP contribution >= 0.6 is 11.6 Å². The number of halogens is 1. The van der Waals surface area contributed by atoms with Crippen molar-refractivity contribution in [1.82, 2.24) is 14.9 Å². The summed E-state index contributed by atoms with van der Waals surface area (Å²) in [5.41, 5.74) is 3.01. The number of nitrogens with zero attached hydrogens (tertiary/aromatic N) is 2. The second-order valence-corrected chi connectivity index (χ2v) is 8.39. The van der Waals surface area contributed by atoms with Crippen molar-refractivity contribution in [3.8, 4) is 11.5 Å². The van der Waals surface area contributed by atoms with Gasteiger partial charge in [0.05, 0.1) is 31.1 Å². The first-order chi connectivity index (χ1) is 16.6. The quantitative estimate of drug-likeness (QED) is 0.306. The van der Waals surface area contributed by atoms with Gasteiger partial charge in [0, 0.05) is 18.0 Å². The Morgan fingerprint density at radius 1 is 1.00 bits per heavy atom. The van der Waals surface area contributed by atoms with Crippen LogP contribution in [0.25, 0.3) is 11.0 Å². The third-order valence-electron chi connectivity index (χ3n) is 5.55. The Hall–Kier alpha value is -3.51. The normalized spacial score (nSPS) is 10.9. The maximum Gasteiger partial charge on any atom is 0.224 e. The van der Waals surface area contributed by atoms with Gasteiger partial charge in [0.15, 0.2) is 0 Å². The summed E-state index contributed by atoms with van der Waals surface area (Å²) in [6.45, 7) is 1.80. The predicted molar refractivity (Wildman–Crippen MR) is 135 cm³/mol. The van der Waals surface area contributed by atoms with E-state index in [9.17, 15) is 4.79 Å². The minimum absolute atomic E-state index is 0.00929. The number of carbonyl (C=O) groups excluding carboxylic acids is 1. The molecule has 1 heterocycles. The van der Waals surface area contributed by atoms with Gasteiger partial charge in [-0.2, -0.15) is 0 Å². The average molecular weight is 478 g/mol. The molecule has 1 N–H and O–H groups in total. The van der Waals surface area contributed by atoms with Gasteiger partial charge in [0.2, 0.25) is 5.91 Å². The lowest BCUT2D eigenvalue weighted by molar-refractivity contribution is -0.120. The number of methoxy groups -OCH3 is 1. The summed E-state index contributed by atoms with van der Waals surface area (Å²) in [6.07, 6.45) is 1.92. The number of benzene rings is 3. The molecule has 4 aromatic rings. The third kappa shape index (κ3) is 6.29. The Balaban J connectivity index is 1.30. The van der Waals surface area contributed by atoms with Crippen molar-refractivity contribution >= 4 is 28.5 Å². The van der Waals surface area contributed by atoms with Crippen molar-refractivity contribution in [2.75, 3.05) is 20.3 Å². The van der Waals surface area contributed by atoms with Crippen LogP contribution in [-0.2, 0) is 24.2 Å². The Bertz CT molecular complexity index is 1220. The molecule has 7 heteroatoms. The van der Waals surface area contributed by atoms with E-state index in [1.54, 1.807) is 7.11 Å². The summed E-state index contributed by atoms with van der Waals surface area (Å²) in [7, 11) is 1.63. The van der Waals surface area contributed by atoms with Gasteiger partial charge in [-0.3, -0.25) is 4.79 Å². The molecule has 0 aliphatic heterocycles. The summed E-state index contributed by atoms with van der Waals surface area (Å²) in [4.78, 5) is 17.1. The monoisotopic (exact) mass is 477 g/mol. The van der Waals surface area contributed by atoms with E-state index < -0.39 is 0 Å². The van der Waals surface area contributed by atoms with Crippen molar-refractivity contribution in [3.05, 3.63) is 89.2 Å². The molecule has 0 aliphatic carbocycles. The molecule has 0 saturated carbocycles. The van der Waals surface area contributed by atoms with Gasteiger partial charge < -0.3 is 19.4 Å². The van der Waals surface area contributed by atoms with Gasteiger partial charge in [0.1, 0.15) is 23.9 Å². The largest absolute Gasteiger partial charge is 0.497 e. The fraction of sp³-hybridized carbons (Fsp3) is 0.259. The highest BCUT2D eigenvalue weighted by molar-refractivity contribution is 6.30. The first kappa shape index (κ1) is 23.6. The van der Waals surface area contributed by atoms with Crippen LogP contribution < -0.4 is 14.8 Å². The molecule has 0 saturated heterocycles. The number of carbonyl (C=O) groups is 1. The highest BCUT2D eigenvalue weighted by Crippen LogP contribution is 2.19. The summed E-state index contributed by atoms with van der Waals surface area (Å²) in [5, 5.41) is 3.70. The van der Waals surface area contributed by atoms with E-state index >= 15 is 0 Å². The molecule has 34 heavy (non-hydrogen) atoms. The lowest BCUT2D eigenvalue weighted by atomic mass is 10.1. The fourth-order valence-electron chi connectivity index (χ4n) is 3.82. The molecule has 0 aliphatic rings. The van der Waals surface area contributed by atoms with Crippen LogP contribution in [0.15, 0.2) is 72.8 Å². The second-order valence-electron chi connectivity index (χ2n) is 7.95. The molecule has 3 aromatic carbocycles. The number of aromatic nitrogens is 2. The van der Waals surface area contributed by atoms with E-state index in [-0.39, 0.29) is 5.91 Å². The molecule has 0 spiro atoms. The molecule has 1 amide bonds. The Morgan fingerprint density at radius 3 is 2.50 bits per heavy atom. The zero-order valence-electron chi connectivity index (χ0n) is 19.2. The van der Waals surface area contributed by atoms with Gasteiger partial charge >= 0.3 is 0 Å². The molecule has 0 atom stereocenters. The molecule has 4 rings (SSSR count). The third-order valence-corrected chi connectivity index (χ3v) is 5.81. The number of nitrogens with one attached hydrogen (secondary N) is 1. The maximum atomic E-state index is 12.3. The first-order valence-corrected chi connectivity index (χ1v) is 11.7. The lowest BCUT2D eigenvalue weighted by Crippen LogP contribution is -2.26. The maximum absolute atomic E-state index is 12.3. The minimum Gasteiger partial charge on any atom is -0.497 e. The molecule has 0 unspecified atom stereocenters. The smallest absolute Gasteiger partial charge is 0.224 e. The fourth-order valence-corrected chi connectivity index (χ4v) is 3.94. The molecule has 176 valence electrons. The molecule has 0 radical (unpaired) electrons. The van der Waals surface area contributed by atoms with Gasteiger partial charge in [-0.15, -0.1) is 0 Å². The minimum atomic E-state index is 0.00929. The van der Waals surface area contributed by atoms with Gasteiger partial charge in [0.25, 0.3) is 0 Å². The summed E-state index contributed by atoms with van der Waals surface area (Å²) < 4.78 is 13.3. The van der Waals surface area contributed by atoms with Gasteiger partial charge in [-0.1, -0.05) is 35.9 Å². The number of hydrogen-bond acceptors (Lipinski definition) is 4. The van der Waals surface area contributed by atoms with E-state index in [1.807, 2.05) is 66.7 Å². The predicted octanol–water partition coefficient (Wildman–Crippen LogP) is 5.07. The molecular weight excluding hydrogens is 450 g/mol. The highest BCUT2D eigenvalue weighted by atomic mass is 35.5. The molecule has 0 bridgehead atoms. The number of aryl methyl sites for hydroxylation is 1. The molecule has 0 fully saturated rings. The van der Waals surface area contributed by atoms with Crippen molar-refractivity contribution in [2.45, 2.75) is 25.8 Å². The van der Waals surface area contributed by atoms with E-state index in [0.717, 1.165) is 46.8 Å².